The zero-order valence-corrected chi connectivity index (χ0v) is 16.1. The number of pyridine rings is 1. The summed E-state index contributed by atoms with van der Waals surface area (Å²) in [5.41, 5.74) is 6.43. The van der Waals surface area contributed by atoms with Gasteiger partial charge in [0, 0.05) is 12.4 Å². The molecule has 0 N–H and O–H groups in total. The largest absolute Gasteiger partial charge is 0.265 e. The fourth-order valence-electron chi connectivity index (χ4n) is 5.06. The van der Waals surface area contributed by atoms with E-state index < -0.39 is 0 Å². The molecule has 1 fully saturated rings. The Morgan fingerprint density at radius 1 is 1.14 bits per heavy atom. The van der Waals surface area contributed by atoms with Crippen LogP contribution in [0.15, 0.2) is 60.6 Å². The first-order valence-corrected chi connectivity index (χ1v) is 10.1. The van der Waals surface area contributed by atoms with Crippen molar-refractivity contribution in [2.45, 2.75) is 39.0 Å². The molecule has 5 rings (SSSR count). The highest BCUT2D eigenvalue weighted by molar-refractivity contribution is 5.61. The van der Waals surface area contributed by atoms with Crippen LogP contribution in [-0.4, -0.2) is 14.8 Å². The van der Waals surface area contributed by atoms with E-state index in [-0.39, 0.29) is 11.2 Å². The van der Waals surface area contributed by atoms with Gasteiger partial charge in [0.15, 0.2) is 0 Å². The van der Waals surface area contributed by atoms with E-state index in [2.05, 4.69) is 35.2 Å². The predicted octanol–water partition coefficient (Wildman–Crippen LogP) is 5.40. The van der Waals surface area contributed by atoms with Crippen molar-refractivity contribution in [2.75, 3.05) is 0 Å². The lowest BCUT2D eigenvalue weighted by atomic mass is 9.58. The molecule has 2 unspecified atom stereocenters. The fraction of sp³-hybridized carbons (Fsp3) is 0.333. The van der Waals surface area contributed by atoms with Gasteiger partial charge in [0.25, 0.3) is 0 Å². The molecule has 4 heteroatoms. The molecule has 3 aromatic rings. The van der Waals surface area contributed by atoms with Crippen molar-refractivity contribution < 1.29 is 4.39 Å². The molecule has 1 saturated carbocycles. The van der Waals surface area contributed by atoms with Crippen molar-refractivity contribution in [2.24, 2.45) is 11.3 Å². The lowest BCUT2D eigenvalue weighted by Gasteiger charge is -2.46. The van der Waals surface area contributed by atoms with Gasteiger partial charge in [0.05, 0.1) is 17.6 Å². The molecule has 0 spiro atoms. The van der Waals surface area contributed by atoms with Gasteiger partial charge in [0.2, 0.25) is 0 Å². The Kier molecular flexibility index (Phi) is 4.15. The van der Waals surface area contributed by atoms with Crippen LogP contribution in [-0.2, 0) is 12.8 Å². The molecule has 0 radical (unpaired) electrons. The van der Waals surface area contributed by atoms with Crippen molar-refractivity contribution in [3.05, 3.63) is 83.2 Å². The Morgan fingerprint density at radius 3 is 2.71 bits per heavy atom. The maximum absolute atomic E-state index is 13.3. The molecule has 0 aliphatic heterocycles. The molecule has 1 aromatic carbocycles. The highest BCUT2D eigenvalue weighted by Gasteiger charge is 2.43. The smallest absolute Gasteiger partial charge is 0.123 e. The number of nitrogens with zero attached hydrogens (tertiary/aromatic N) is 3. The van der Waals surface area contributed by atoms with Gasteiger partial charge in [-0.25, -0.2) is 9.07 Å². The standard InChI is InChI=1S/C24H24FN3/c1-24-15-18-16-27-28(22-7-5-21(25)6-8-22)23(18)14-20(24)4-2-3-19(24)13-17-9-11-26-12-10-17/h5-12,14,16,19H,2-4,13,15H2,1H3. The van der Waals surface area contributed by atoms with Crippen LogP contribution in [0, 0.1) is 17.2 Å². The number of fused-ring (bicyclic) bond motifs is 2. The number of allylic oxidation sites excluding steroid dienone is 1. The summed E-state index contributed by atoms with van der Waals surface area (Å²) >= 11 is 0. The highest BCUT2D eigenvalue weighted by atomic mass is 19.1. The van der Waals surface area contributed by atoms with Gasteiger partial charge >= 0.3 is 0 Å². The lowest BCUT2D eigenvalue weighted by Crippen LogP contribution is -2.38. The van der Waals surface area contributed by atoms with Crippen LogP contribution >= 0.6 is 0 Å². The molecule has 28 heavy (non-hydrogen) atoms. The van der Waals surface area contributed by atoms with Gasteiger partial charge in [-0.3, -0.25) is 4.98 Å². The Labute approximate surface area is 164 Å². The summed E-state index contributed by atoms with van der Waals surface area (Å²) in [6.07, 6.45) is 13.9. The van der Waals surface area contributed by atoms with Gasteiger partial charge in [-0.2, -0.15) is 5.10 Å². The van der Waals surface area contributed by atoms with Crippen molar-refractivity contribution in [1.29, 1.82) is 0 Å². The first kappa shape index (κ1) is 17.4. The molecule has 0 amide bonds. The third-order valence-electron chi connectivity index (χ3n) is 6.69. The molecule has 0 bridgehead atoms. The Bertz CT molecular complexity index is 1020. The number of rotatable bonds is 3. The maximum atomic E-state index is 13.3. The summed E-state index contributed by atoms with van der Waals surface area (Å²) < 4.78 is 15.3. The highest BCUT2D eigenvalue weighted by Crippen LogP contribution is 2.52. The number of halogens is 1. The summed E-state index contributed by atoms with van der Waals surface area (Å²) in [6, 6.07) is 10.9. The second kappa shape index (κ2) is 6.69. The van der Waals surface area contributed by atoms with E-state index in [1.807, 2.05) is 23.3 Å². The summed E-state index contributed by atoms with van der Waals surface area (Å²) in [5.74, 6) is 0.402. The quantitative estimate of drug-likeness (QED) is 0.616. The SMILES string of the molecule is CC12Cc3cnn(-c4ccc(F)cc4)c3C=C1CCCC2Cc1ccncc1. The summed E-state index contributed by atoms with van der Waals surface area (Å²) in [7, 11) is 0. The van der Waals surface area contributed by atoms with E-state index in [0.717, 1.165) is 30.6 Å². The number of hydrogen-bond donors (Lipinski definition) is 0. The van der Waals surface area contributed by atoms with Crippen LogP contribution < -0.4 is 0 Å². The minimum absolute atomic E-state index is 0.172. The molecule has 2 heterocycles. The molecule has 2 aliphatic rings. The van der Waals surface area contributed by atoms with Crippen LogP contribution in [0.4, 0.5) is 4.39 Å². The predicted molar refractivity (Wildman–Crippen MR) is 109 cm³/mol. The van der Waals surface area contributed by atoms with Crippen LogP contribution in [0.25, 0.3) is 11.8 Å². The second-order valence-electron chi connectivity index (χ2n) is 8.36. The van der Waals surface area contributed by atoms with Crippen molar-refractivity contribution in [3.63, 3.8) is 0 Å². The minimum Gasteiger partial charge on any atom is -0.265 e. The van der Waals surface area contributed by atoms with Gasteiger partial charge in [-0.05, 0) is 97.0 Å². The molecule has 142 valence electrons. The van der Waals surface area contributed by atoms with E-state index >= 15 is 0 Å². The monoisotopic (exact) mass is 373 g/mol. The fourth-order valence-corrected chi connectivity index (χ4v) is 5.06. The zero-order valence-electron chi connectivity index (χ0n) is 16.1. The Hall–Kier alpha value is -2.75. The van der Waals surface area contributed by atoms with E-state index in [0.29, 0.717) is 5.92 Å². The van der Waals surface area contributed by atoms with Crippen molar-refractivity contribution in [3.8, 4) is 5.69 Å². The number of aromatic nitrogens is 3. The molecule has 2 aliphatic carbocycles. The normalized spacial score (nSPS) is 23.6. The summed E-state index contributed by atoms with van der Waals surface area (Å²) in [6.45, 7) is 2.43. The Morgan fingerprint density at radius 2 is 1.93 bits per heavy atom. The third-order valence-corrected chi connectivity index (χ3v) is 6.69. The zero-order chi connectivity index (χ0) is 19.1. The van der Waals surface area contributed by atoms with Crippen molar-refractivity contribution >= 4 is 6.08 Å². The molecule has 2 atom stereocenters. The van der Waals surface area contributed by atoms with E-state index in [1.165, 1.54) is 41.7 Å². The van der Waals surface area contributed by atoms with Gasteiger partial charge < -0.3 is 0 Å². The molecular weight excluding hydrogens is 349 g/mol. The molecule has 3 nitrogen and oxygen atoms in total. The third kappa shape index (κ3) is 2.88. The van der Waals surface area contributed by atoms with Crippen LogP contribution in [0.3, 0.4) is 0 Å². The first-order valence-electron chi connectivity index (χ1n) is 10.1. The van der Waals surface area contributed by atoms with Gasteiger partial charge in [-0.1, -0.05) is 12.5 Å². The van der Waals surface area contributed by atoms with Crippen molar-refractivity contribution in [1.82, 2.24) is 14.8 Å². The average molecular weight is 373 g/mol. The molecule has 0 saturated heterocycles. The van der Waals surface area contributed by atoms with Gasteiger partial charge in [-0.15, -0.1) is 0 Å². The average Bonchev–Trinajstić information content (AvgIpc) is 3.10. The topological polar surface area (TPSA) is 30.7 Å². The second-order valence-corrected chi connectivity index (χ2v) is 8.36. The van der Waals surface area contributed by atoms with E-state index in [1.54, 1.807) is 12.1 Å². The maximum Gasteiger partial charge on any atom is 0.123 e. The molecular formula is C24H24FN3. The summed E-state index contributed by atoms with van der Waals surface area (Å²) in [5, 5.41) is 4.64. The molecule has 2 aromatic heterocycles. The summed E-state index contributed by atoms with van der Waals surface area (Å²) in [4.78, 5) is 4.16. The minimum atomic E-state index is -0.220. The van der Waals surface area contributed by atoms with Crippen LogP contribution in [0.1, 0.15) is 43.0 Å². The first-order chi connectivity index (χ1) is 13.6. The van der Waals surface area contributed by atoms with Crippen LogP contribution in [0.2, 0.25) is 0 Å². The Balaban J connectivity index is 1.50. The van der Waals surface area contributed by atoms with E-state index in [4.69, 9.17) is 0 Å². The number of benzene rings is 1. The number of hydrogen-bond acceptors (Lipinski definition) is 2. The van der Waals surface area contributed by atoms with Crippen LogP contribution in [0.5, 0.6) is 0 Å². The van der Waals surface area contributed by atoms with Gasteiger partial charge in [0.1, 0.15) is 5.82 Å². The lowest BCUT2D eigenvalue weighted by molar-refractivity contribution is 0.180. The van der Waals surface area contributed by atoms with E-state index in [9.17, 15) is 4.39 Å².